The number of carbonyl (C=O) groups excluding carboxylic acids is 1. The van der Waals surface area contributed by atoms with Gasteiger partial charge in [-0.2, -0.15) is 0 Å². The zero-order valence-electron chi connectivity index (χ0n) is 15.4. The number of halogens is 1. The molecule has 1 aliphatic rings. The number of methoxy groups -OCH3 is 1. The standard InChI is InChI=1S/C21H24FNO3S/c1-25-18-11-6-7-15(21(18)26-16-8-2-3-9-16)13-23-20(24)14-27-19-12-5-4-10-17(19)22/h4-7,10-12,16H,2-3,8-9,13-14H2,1H3,(H,23,24). The van der Waals surface area contributed by atoms with Crippen LogP contribution in [0.1, 0.15) is 31.2 Å². The molecule has 0 atom stereocenters. The highest BCUT2D eigenvalue weighted by molar-refractivity contribution is 8.00. The highest BCUT2D eigenvalue weighted by Crippen LogP contribution is 2.34. The molecule has 2 aromatic rings. The molecule has 0 bridgehead atoms. The first-order valence-electron chi connectivity index (χ1n) is 9.14. The number of hydrogen-bond donors (Lipinski definition) is 1. The molecule has 6 heteroatoms. The number of ether oxygens (including phenoxy) is 2. The first-order chi connectivity index (χ1) is 13.2. The average Bonchev–Trinajstić information content (AvgIpc) is 3.19. The molecule has 0 radical (unpaired) electrons. The Balaban J connectivity index is 1.59. The molecule has 1 N–H and O–H groups in total. The summed E-state index contributed by atoms with van der Waals surface area (Å²) in [5, 5.41) is 2.89. The van der Waals surface area contributed by atoms with E-state index < -0.39 is 0 Å². The van der Waals surface area contributed by atoms with E-state index in [4.69, 9.17) is 9.47 Å². The summed E-state index contributed by atoms with van der Waals surface area (Å²) in [4.78, 5) is 12.7. The minimum atomic E-state index is -0.310. The van der Waals surface area contributed by atoms with Crippen LogP contribution in [-0.2, 0) is 11.3 Å². The zero-order chi connectivity index (χ0) is 19.1. The summed E-state index contributed by atoms with van der Waals surface area (Å²) >= 11 is 1.19. The lowest BCUT2D eigenvalue weighted by atomic mass is 10.1. The maximum atomic E-state index is 13.6. The largest absolute Gasteiger partial charge is 0.493 e. The molecule has 1 amide bonds. The normalized spacial score (nSPS) is 14.1. The van der Waals surface area contributed by atoms with E-state index in [9.17, 15) is 9.18 Å². The quantitative estimate of drug-likeness (QED) is 0.672. The smallest absolute Gasteiger partial charge is 0.230 e. The van der Waals surface area contributed by atoms with E-state index in [2.05, 4.69) is 5.32 Å². The molecule has 0 spiro atoms. The Labute approximate surface area is 163 Å². The second-order valence-corrected chi connectivity index (χ2v) is 7.49. The minimum absolute atomic E-state index is 0.155. The summed E-state index contributed by atoms with van der Waals surface area (Å²) in [6.45, 7) is 0.343. The van der Waals surface area contributed by atoms with Crippen LogP contribution in [0.4, 0.5) is 4.39 Å². The van der Waals surface area contributed by atoms with Crippen molar-refractivity contribution in [1.82, 2.24) is 5.32 Å². The number of nitrogens with one attached hydrogen (secondary N) is 1. The lowest BCUT2D eigenvalue weighted by Gasteiger charge is -2.19. The highest BCUT2D eigenvalue weighted by Gasteiger charge is 2.20. The first kappa shape index (κ1) is 19.5. The predicted octanol–water partition coefficient (Wildman–Crippen LogP) is 4.56. The molecule has 0 heterocycles. The minimum Gasteiger partial charge on any atom is -0.493 e. The van der Waals surface area contributed by atoms with Crippen LogP contribution in [0.3, 0.4) is 0 Å². The van der Waals surface area contributed by atoms with E-state index in [1.807, 2.05) is 18.2 Å². The van der Waals surface area contributed by atoms with Gasteiger partial charge in [0.2, 0.25) is 5.91 Å². The fourth-order valence-electron chi connectivity index (χ4n) is 3.12. The summed E-state index contributed by atoms with van der Waals surface area (Å²) in [5.74, 6) is 1.07. The lowest BCUT2D eigenvalue weighted by Crippen LogP contribution is -2.25. The van der Waals surface area contributed by atoms with Crippen LogP contribution in [0.5, 0.6) is 11.5 Å². The van der Waals surface area contributed by atoms with Crippen LogP contribution in [-0.4, -0.2) is 24.9 Å². The summed E-state index contributed by atoms with van der Waals surface area (Å²) in [6, 6.07) is 12.1. The maximum absolute atomic E-state index is 13.6. The van der Waals surface area contributed by atoms with Crippen molar-refractivity contribution in [3.05, 3.63) is 53.8 Å². The van der Waals surface area contributed by atoms with E-state index in [0.29, 0.717) is 22.9 Å². The van der Waals surface area contributed by atoms with Crippen molar-refractivity contribution < 1.29 is 18.7 Å². The van der Waals surface area contributed by atoms with Crippen LogP contribution < -0.4 is 14.8 Å². The number of rotatable bonds is 8. The van der Waals surface area contributed by atoms with Gasteiger partial charge in [0.05, 0.1) is 19.0 Å². The third kappa shape index (κ3) is 5.39. The summed E-state index contributed by atoms with van der Waals surface area (Å²) < 4.78 is 25.3. The van der Waals surface area contributed by atoms with Crippen LogP contribution in [0.2, 0.25) is 0 Å². The lowest BCUT2D eigenvalue weighted by molar-refractivity contribution is -0.118. The van der Waals surface area contributed by atoms with Crippen LogP contribution in [0, 0.1) is 5.82 Å². The van der Waals surface area contributed by atoms with Gasteiger partial charge in [0, 0.05) is 17.0 Å². The Morgan fingerprint density at radius 3 is 2.70 bits per heavy atom. The van der Waals surface area contributed by atoms with Crippen molar-refractivity contribution in [2.45, 2.75) is 43.2 Å². The number of benzene rings is 2. The predicted molar refractivity (Wildman–Crippen MR) is 105 cm³/mol. The number of amides is 1. The Hall–Kier alpha value is -2.21. The van der Waals surface area contributed by atoms with Crippen LogP contribution in [0.15, 0.2) is 47.4 Å². The number of hydrogen-bond acceptors (Lipinski definition) is 4. The van der Waals surface area contributed by atoms with Gasteiger partial charge in [-0.15, -0.1) is 11.8 Å². The fourth-order valence-corrected chi connectivity index (χ4v) is 3.89. The van der Waals surface area contributed by atoms with Gasteiger partial charge in [-0.3, -0.25) is 4.79 Å². The van der Waals surface area contributed by atoms with E-state index in [0.717, 1.165) is 18.4 Å². The first-order valence-corrected chi connectivity index (χ1v) is 10.1. The van der Waals surface area contributed by atoms with Gasteiger partial charge in [-0.1, -0.05) is 24.3 Å². The van der Waals surface area contributed by atoms with Gasteiger partial charge in [-0.25, -0.2) is 4.39 Å². The third-order valence-corrected chi connectivity index (χ3v) is 5.59. The second kappa shape index (κ2) is 9.65. The van der Waals surface area contributed by atoms with Crippen molar-refractivity contribution >= 4 is 17.7 Å². The maximum Gasteiger partial charge on any atom is 0.230 e. The van der Waals surface area contributed by atoms with Gasteiger partial charge >= 0.3 is 0 Å². The number of para-hydroxylation sites is 1. The molecule has 27 heavy (non-hydrogen) atoms. The Morgan fingerprint density at radius 1 is 1.19 bits per heavy atom. The molecule has 0 unspecified atom stereocenters. The van der Waals surface area contributed by atoms with Crippen molar-refractivity contribution in [2.75, 3.05) is 12.9 Å². The van der Waals surface area contributed by atoms with E-state index >= 15 is 0 Å². The molecule has 4 nitrogen and oxygen atoms in total. The Kier molecular flexibility index (Phi) is 6.98. The Morgan fingerprint density at radius 2 is 1.96 bits per heavy atom. The van der Waals surface area contributed by atoms with Gasteiger partial charge in [-0.05, 0) is 43.9 Å². The summed E-state index contributed by atoms with van der Waals surface area (Å²) in [7, 11) is 1.62. The molecule has 1 aliphatic carbocycles. The molecule has 0 aromatic heterocycles. The second-order valence-electron chi connectivity index (χ2n) is 6.47. The molecule has 1 saturated carbocycles. The molecule has 3 rings (SSSR count). The summed E-state index contributed by atoms with van der Waals surface area (Å²) in [6.07, 6.45) is 4.65. The van der Waals surface area contributed by atoms with Crippen LogP contribution >= 0.6 is 11.8 Å². The van der Waals surface area contributed by atoms with E-state index in [-0.39, 0.29) is 23.6 Å². The highest BCUT2D eigenvalue weighted by atomic mass is 32.2. The molecule has 2 aromatic carbocycles. The molecule has 0 saturated heterocycles. The SMILES string of the molecule is COc1cccc(CNC(=O)CSc2ccccc2F)c1OC1CCCC1. The molecular formula is C21H24FNO3S. The summed E-state index contributed by atoms with van der Waals surface area (Å²) in [5.41, 5.74) is 0.880. The van der Waals surface area contributed by atoms with Crippen LogP contribution in [0.25, 0.3) is 0 Å². The van der Waals surface area contributed by atoms with Crippen molar-refractivity contribution in [3.8, 4) is 11.5 Å². The van der Waals surface area contributed by atoms with Gasteiger partial charge in [0.15, 0.2) is 11.5 Å². The van der Waals surface area contributed by atoms with Gasteiger partial charge < -0.3 is 14.8 Å². The van der Waals surface area contributed by atoms with E-state index in [1.165, 1.54) is 30.7 Å². The average molecular weight is 389 g/mol. The molecular weight excluding hydrogens is 365 g/mol. The van der Waals surface area contributed by atoms with E-state index in [1.54, 1.807) is 25.3 Å². The van der Waals surface area contributed by atoms with Crippen molar-refractivity contribution in [1.29, 1.82) is 0 Å². The Bertz CT molecular complexity index is 778. The van der Waals surface area contributed by atoms with Gasteiger partial charge in [0.1, 0.15) is 5.82 Å². The molecule has 0 aliphatic heterocycles. The topological polar surface area (TPSA) is 47.6 Å². The van der Waals surface area contributed by atoms with Crippen molar-refractivity contribution in [2.24, 2.45) is 0 Å². The van der Waals surface area contributed by atoms with Gasteiger partial charge in [0.25, 0.3) is 0 Å². The third-order valence-electron chi connectivity index (χ3n) is 4.54. The zero-order valence-corrected chi connectivity index (χ0v) is 16.2. The molecule has 1 fully saturated rings. The van der Waals surface area contributed by atoms with Crippen molar-refractivity contribution in [3.63, 3.8) is 0 Å². The number of thioether (sulfide) groups is 1. The number of carbonyl (C=O) groups is 1. The molecule has 144 valence electrons. The fraction of sp³-hybridized carbons (Fsp3) is 0.381. The monoisotopic (exact) mass is 389 g/mol.